The van der Waals surface area contributed by atoms with E-state index in [1.807, 2.05) is 48.3 Å². The summed E-state index contributed by atoms with van der Waals surface area (Å²) in [5, 5.41) is 4.94. The molecule has 1 aromatic carbocycles. The van der Waals surface area contributed by atoms with Gasteiger partial charge in [-0.2, -0.15) is 5.10 Å². The van der Waals surface area contributed by atoms with Gasteiger partial charge in [0.1, 0.15) is 0 Å². The van der Waals surface area contributed by atoms with E-state index >= 15 is 0 Å². The average molecular weight is 236 g/mol. The Bertz CT molecular complexity index is 461. The fraction of sp³-hybridized carbons (Fsp3) is 0.250. The van der Waals surface area contributed by atoms with Crippen molar-refractivity contribution in [2.75, 3.05) is 0 Å². The van der Waals surface area contributed by atoms with Gasteiger partial charge < -0.3 is 5.73 Å². The number of aryl methyl sites for hydroxylation is 1. The first-order chi connectivity index (χ1) is 7.65. The van der Waals surface area contributed by atoms with Gasteiger partial charge in [0.05, 0.1) is 12.7 Å². The molecule has 0 fully saturated rings. The molecule has 0 aliphatic heterocycles. The lowest BCUT2D eigenvalue weighted by Crippen LogP contribution is -2.17. The van der Waals surface area contributed by atoms with E-state index in [4.69, 9.17) is 17.3 Å². The molecule has 0 bridgehead atoms. The van der Waals surface area contributed by atoms with Crippen LogP contribution >= 0.6 is 11.6 Å². The van der Waals surface area contributed by atoms with Crippen molar-refractivity contribution in [1.82, 2.24) is 9.78 Å². The summed E-state index contributed by atoms with van der Waals surface area (Å²) >= 11 is 5.82. The number of halogens is 1. The third-order valence-corrected chi connectivity index (χ3v) is 2.70. The molecule has 1 aromatic heterocycles. The van der Waals surface area contributed by atoms with Gasteiger partial charge >= 0.3 is 0 Å². The molecule has 2 N–H and O–H groups in total. The fourth-order valence-electron chi connectivity index (χ4n) is 1.58. The number of rotatable bonds is 3. The largest absolute Gasteiger partial charge is 0.322 e. The third kappa shape index (κ3) is 2.62. The van der Waals surface area contributed by atoms with E-state index in [2.05, 4.69) is 5.10 Å². The molecule has 1 heterocycles. The second kappa shape index (κ2) is 4.68. The number of nitrogens with two attached hydrogens (primary N) is 1. The van der Waals surface area contributed by atoms with Crippen LogP contribution in [0.15, 0.2) is 36.7 Å². The van der Waals surface area contributed by atoms with Crippen LogP contribution < -0.4 is 5.73 Å². The molecule has 3 nitrogen and oxygen atoms in total. The number of benzene rings is 1. The maximum atomic E-state index is 6.08. The highest BCUT2D eigenvalue weighted by molar-refractivity contribution is 6.30. The summed E-state index contributed by atoms with van der Waals surface area (Å²) in [7, 11) is 0. The van der Waals surface area contributed by atoms with Crippen LogP contribution in [0, 0.1) is 6.92 Å². The molecule has 2 rings (SSSR count). The molecule has 0 saturated heterocycles. The van der Waals surface area contributed by atoms with Gasteiger partial charge in [-0.05, 0) is 30.2 Å². The standard InChI is InChI=1S/C12H14ClN3/c1-9-6-15-16(7-9)8-12(14)10-2-4-11(13)5-3-10/h2-7,12H,8,14H2,1H3. The van der Waals surface area contributed by atoms with Gasteiger partial charge in [-0.1, -0.05) is 23.7 Å². The molecule has 4 heteroatoms. The smallest absolute Gasteiger partial charge is 0.0602 e. The van der Waals surface area contributed by atoms with Crippen molar-refractivity contribution < 1.29 is 0 Å². The van der Waals surface area contributed by atoms with Crippen LogP contribution in [-0.4, -0.2) is 9.78 Å². The first kappa shape index (κ1) is 11.2. The van der Waals surface area contributed by atoms with Gasteiger partial charge in [0, 0.05) is 17.3 Å². The Morgan fingerprint density at radius 3 is 2.62 bits per heavy atom. The maximum absolute atomic E-state index is 6.08. The van der Waals surface area contributed by atoms with E-state index in [0.29, 0.717) is 6.54 Å². The average Bonchev–Trinajstić information content (AvgIpc) is 2.65. The van der Waals surface area contributed by atoms with Gasteiger partial charge in [0.25, 0.3) is 0 Å². The predicted molar refractivity (Wildman–Crippen MR) is 65.3 cm³/mol. The van der Waals surface area contributed by atoms with Crippen molar-refractivity contribution in [3.63, 3.8) is 0 Å². The Kier molecular flexibility index (Phi) is 3.27. The van der Waals surface area contributed by atoms with Crippen molar-refractivity contribution >= 4 is 11.6 Å². The van der Waals surface area contributed by atoms with Crippen LogP contribution in [0.1, 0.15) is 17.2 Å². The lowest BCUT2D eigenvalue weighted by molar-refractivity contribution is 0.527. The molecular formula is C12H14ClN3. The first-order valence-electron chi connectivity index (χ1n) is 5.15. The highest BCUT2D eigenvalue weighted by Crippen LogP contribution is 2.16. The van der Waals surface area contributed by atoms with E-state index in [-0.39, 0.29) is 6.04 Å². The van der Waals surface area contributed by atoms with Gasteiger partial charge in [-0.3, -0.25) is 4.68 Å². The van der Waals surface area contributed by atoms with Crippen molar-refractivity contribution in [3.8, 4) is 0 Å². The fourth-order valence-corrected chi connectivity index (χ4v) is 1.71. The summed E-state index contributed by atoms with van der Waals surface area (Å²) < 4.78 is 1.86. The van der Waals surface area contributed by atoms with E-state index in [9.17, 15) is 0 Å². The van der Waals surface area contributed by atoms with Gasteiger partial charge in [-0.15, -0.1) is 0 Å². The highest BCUT2D eigenvalue weighted by Gasteiger charge is 2.07. The molecule has 0 amide bonds. The zero-order valence-electron chi connectivity index (χ0n) is 9.10. The molecule has 1 atom stereocenters. The minimum atomic E-state index is -0.0587. The predicted octanol–water partition coefficient (Wildman–Crippen LogP) is 2.54. The molecule has 0 radical (unpaired) electrons. The zero-order chi connectivity index (χ0) is 11.5. The van der Waals surface area contributed by atoms with Gasteiger partial charge in [-0.25, -0.2) is 0 Å². The number of hydrogen-bond donors (Lipinski definition) is 1. The lowest BCUT2D eigenvalue weighted by Gasteiger charge is -2.12. The maximum Gasteiger partial charge on any atom is 0.0602 e. The van der Waals surface area contributed by atoms with E-state index in [0.717, 1.165) is 16.1 Å². The number of nitrogens with zero attached hydrogens (tertiary/aromatic N) is 2. The summed E-state index contributed by atoms with van der Waals surface area (Å²) in [4.78, 5) is 0. The summed E-state index contributed by atoms with van der Waals surface area (Å²) in [5.41, 5.74) is 8.29. The molecule has 0 aliphatic rings. The molecule has 84 valence electrons. The molecule has 0 spiro atoms. The van der Waals surface area contributed by atoms with Crippen molar-refractivity contribution in [2.45, 2.75) is 19.5 Å². The summed E-state index contributed by atoms with van der Waals surface area (Å²) in [6, 6.07) is 7.54. The van der Waals surface area contributed by atoms with Crippen LogP contribution in [0.5, 0.6) is 0 Å². The normalized spacial score (nSPS) is 12.7. The zero-order valence-corrected chi connectivity index (χ0v) is 9.85. The SMILES string of the molecule is Cc1cnn(CC(N)c2ccc(Cl)cc2)c1. The molecule has 2 aromatic rings. The number of aromatic nitrogens is 2. The minimum Gasteiger partial charge on any atom is -0.322 e. The van der Waals surface area contributed by atoms with Gasteiger partial charge in [0.2, 0.25) is 0 Å². The molecular weight excluding hydrogens is 222 g/mol. The van der Waals surface area contributed by atoms with Crippen LogP contribution in [-0.2, 0) is 6.54 Å². The molecule has 16 heavy (non-hydrogen) atoms. The monoisotopic (exact) mass is 235 g/mol. The van der Waals surface area contributed by atoms with Crippen LogP contribution in [0.2, 0.25) is 5.02 Å². The lowest BCUT2D eigenvalue weighted by atomic mass is 10.1. The topological polar surface area (TPSA) is 43.8 Å². The van der Waals surface area contributed by atoms with E-state index in [1.54, 1.807) is 0 Å². The Hall–Kier alpha value is -1.32. The second-order valence-electron chi connectivity index (χ2n) is 3.90. The van der Waals surface area contributed by atoms with Crippen molar-refractivity contribution in [2.24, 2.45) is 5.73 Å². The Morgan fingerprint density at radius 2 is 2.06 bits per heavy atom. The Labute approximate surface area is 99.8 Å². The highest BCUT2D eigenvalue weighted by atomic mass is 35.5. The summed E-state index contributed by atoms with van der Waals surface area (Å²) in [6.45, 7) is 2.69. The van der Waals surface area contributed by atoms with Gasteiger partial charge in [0.15, 0.2) is 0 Å². The Balaban J connectivity index is 2.08. The quantitative estimate of drug-likeness (QED) is 0.889. The van der Waals surface area contributed by atoms with E-state index < -0.39 is 0 Å². The summed E-state index contributed by atoms with van der Waals surface area (Å²) in [6.07, 6.45) is 3.81. The Morgan fingerprint density at radius 1 is 1.38 bits per heavy atom. The molecule has 0 saturated carbocycles. The van der Waals surface area contributed by atoms with Crippen LogP contribution in [0.25, 0.3) is 0 Å². The third-order valence-electron chi connectivity index (χ3n) is 2.44. The molecule has 0 aliphatic carbocycles. The summed E-state index contributed by atoms with van der Waals surface area (Å²) in [5.74, 6) is 0. The van der Waals surface area contributed by atoms with E-state index in [1.165, 1.54) is 0 Å². The number of hydrogen-bond acceptors (Lipinski definition) is 2. The second-order valence-corrected chi connectivity index (χ2v) is 4.33. The minimum absolute atomic E-state index is 0.0587. The first-order valence-corrected chi connectivity index (χ1v) is 5.53. The van der Waals surface area contributed by atoms with Crippen molar-refractivity contribution in [3.05, 3.63) is 52.8 Å². The van der Waals surface area contributed by atoms with Crippen LogP contribution in [0.3, 0.4) is 0 Å². The van der Waals surface area contributed by atoms with Crippen LogP contribution in [0.4, 0.5) is 0 Å². The molecule has 1 unspecified atom stereocenters. The van der Waals surface area contributed by atoms with Crippen molar-refractivity contribution in [1.29, 1.82) is 0 Å².